The van der Waals surface area contributed by atoms with Crippen molar-refractivity contribution >= 4 is 67.9 Å². The molecule has 1 aromatic carbocycles. The van der Waals surface area contributed by atoms with E-state index >= 15 is 0 Å². The number of benzene rings is 1. The van der Waals surface area contributed by atoms with E-state index in [1.54, 1.807) is 4.90 Å². The lowest BCUT2D eigenvalue weighted by atomic mass is 10.3. The Labute approximate surface area is 160 Å². The van der Waals surface area contributed by atoms with Crippen LogP contribution in [0.4, 0.5) is 5.13 Å². The van der Waals surface area contributed by atoms with E-state index in [4.69, 9.17) is 11.6 Å². The Morgan fingerprint density at radius 1 is 1.21 bits per heavy atom. The van der Waals surface area contributed by atoms with E-state index in [0.29, 0.717) is 21.6 Å². The van der Waals surface area contributed by atoms with Gasteiger partial charge in [0.2, 0.25) is 0 Å². The minimum atomic E-state index is -0.0166. The lowest BCUT2D eigenvalue weighted by molar-refractivity contribution is 0.0989. The summed E-state index contributed by atoms with van der Waals surface area (Å²) in [6, 6.07) is 9.42. The van der Waals surface area contributed by atoms with Gasteiger partial charge < -0.3 is 4.90 Å². The van der Waals surface area contributed by atoms with E-state index in [1.165, 1.54) is 22.7 Å². The fourth-order valence-corrected chi connectivity index (χ4v) is 4.10. The van der Waals surface area contributed by atoms with Gasteiger partial charge in [0.25, 0.3) is 5.91 Å². The standard InChI is InChI=1S/C16H16ClN3OS2.ClH/c1-19(2)8-9-20(15(21)13-7-4-10-22-13)16-18-14-11(17)5-3-6-12(14)23-16;/h3-7,10H,8-9H2,1-2H3;1H. The number of thiazole rings is 1. The number of hydrogen-bond acceptors (Lipinski definition) is 5. The van der Waals surface area contributed by atoms with Crippen LogP contribution in [0.25, 0.3) is 10.2 Å². The summed E-state index contributed by atoms with van der Waals surface area (Å²) in [4.78, 5) is 21.9. The summed E-state index contributed by atoms with van der Waals surface area (Å²) in [6.45, 7) is 1.35. The third-order valence-corrected chi connectivity index (χ3v) is 5.54. The van der Waals surface area contributed by atoms with Crippen LogP contribution in [-0.4, -0.2) is 43.0 Å². The van der Waals surface area contributed by atoms with Crippen LogP contribution in [0.3, 0.4) is 0 Å². The molecule has 0 bridgehead atoms. The van der Waals surface area contributed by atoms with Crippen molar-refractivity contribution in [3.05, 3.63) is 45.6 Å². The van der Waals surface area contributed by atoms with Gasteiger partial charge in [0.05, 0.1) is 14.6 Å². The van der Waals surface area contributed by atoms with Crippen molar-refractivity contribution in [1.82, 2.24) is 9.88 Å². The second kappa shape index (κ2) is 8.27. The van der Waals surface area contributed by atoms with Gasteiger partial charge in [-0.1, -0.05) is 35.1 Å². The summed E-state index contributed by atoms with van der Waals surface area (Å²) < 4.78 is 0.987. The molecule has 2 aromatic heterocycles. The Morgan fingerprint density at radius 2 is 2.00 bits per heavy atom. The molecule has 2 heterocycles. The van der Waals surface area contributed by atoms with Gasteiger partial charge in [-0.2, -0.15) is 0 Å². The van der Waals surface area contributed by atoms with Crippen LogP contribution in [0.15, 0.2) is 35.7 Å². The molecule has 0 aliphatic carbocycles. The van der Waals surface area contributed by atoms with Gasteiger partial charge in [0.1, 0.15) is 5.52 Å². The topological polar surface area (TPSA) is 36.4 Å². The fourth-order valence-electron chi connectivity index (χ4n) is 2.14. The van der Waals surface area contributed by atoms with Crippen LogP contribution < -0.4 is 4.90 Å². The summed E-state index contributed by atoms with van der Waals surface area (Å²) in [6.07, 6.45) is 0. The monoisotopic (exact) mass is 401 g/mol. The molecule has 0 aliphatic heterocycles. The van der Waals surface area contributed by atoms with Gasteiger partial charge in [0.15, 0.2) is 5.13 Å². The molecule has 24 heavy (non-hydrogen) atoms. The van der Waals surface area contributed by atoms with Crippen molar-refractivity contribution in [2.75, 3.05) is 32.1 Å². The lowest BCUT2D eigenvalue weighted by Crippen LogP contribution is -2.36. The largest absolute Gasteiger partial charge is 0.308 e. The van der Waals surface area contributed by atoms with Gasteiger partial charge in [-0.25, -0.2) is 4.98 Å². The first-order valence-corrected chi connectivity index (χ1v) is 9.19. The molecule has 8 heteroatoms. The van der Waals surface area contributed by atoms with Crippen molar-refractivity contribution in [3.63, 3.8) is 0 Å². The Morgan fingerprint density at radius 3 is 2.62 bits per heavy atom. The Bertz CT molecular complexity index is 818. The number of carbonyl (C=O) groups is 1. The predicted octanol–water partition coefficient (Wildman–Crippen LogP) is 4.64. The second-order valence-corrected chi connectivity index (χ2v) is 7.68. The van der Waals surface area contributed by atoms with Gasteiger partial charge >= 0.3 is 0 Å². The number of para-hydroxylation sites is 1. The lowest BCUT2D eigenvalue weighted by Gasteiger charge is -2.21. The van der Waals surface area contributed by atoms with Crippen molar-refractivity contribution in [2.45, 2.75) is 0 Å². The normalized spacial score (nSPS) is 10.8. The Kier molecular flexibility index (Phi) is 6.60. The van der Waals surface area contributed by atoms with E-state index in [-0.39, 0.29) is 18.3 Å². The molecular formula is C16H17Cl2N3OS2. The highest BCUT2D eigenvalue weighted by Gasteiger charge is 2.22. The Hall–Kier alpha value is -1.18. The van der Waals surface area contributed by atoms with Crippen molar-refractivity contribution in [1.29, 1.82) is 0 Å². The van der Waals surface area contributed by atoms with E-state index in [9.17, 15) is 4.79 Å². The molecule has 3 aromatic rings. The summed E-state index contributed by atoms with van der Waals surface area (Å²) in [5.41, 5.74) is 0.753. The number of aromatic nitrogens is 1. The SMILES string of the molecule is CN(C)CCN(C(=O)c1cccs1)c1nc2c(Cl)cccc2s1.Cl. The van der Waals surface area contributed by atoms with Gasteiger partial charge in [-0.05, 0) is 37.7 Å². The van der Waals surface area contributed by atoms with E-state index < -0.39 is 0 Å². The van der Waals surface area contributed by atoms with Crippen LogP contribution >= 0.6 is 46.7 Å². The number of fused-ring (bicyclic) bond motifs is 1. The predicted molar refractivity (Wildman–Crippen MR) is 106 cm³/mol. The van der Waals surface area contributed by atoms with Gasteiger partial charge in [-0.3, -0.25) is 9.69 Å². The van der Waals surface area contributed by atoms with Crippen LogP contribution in [-0.2, 0) is 0 Å². The number of halogens is 2. The number of hydrogen-bond donors (Lipinski definition) is 0. The van der Waals surface area contributed by atoms with E-state index in [2.05, 4.69) is 9.88 Å². The molecule has 1 amide bonds. The van der Waals surface area contributed by atoms with Crippen molar-refractivity contribution in [2.24, 2.45) is 0 Å². The number of nitrogens with zero attached hydrogens (tertiary/aromatic N) is 3. The van der Waals surface area contributed by atoms with Crippen LogP contribution in [0.2, 0.25) is 5.02 Å². The third kappa shape index (κ3) is 4.07. The summed E-state index contributed by atoms with van der Waals surface area (Å²) >= 11 is 9.15. The first-order chi connectivity index (χ1) is 11.1. The highest BCUT2D eigenvalue weighted by atomic mass is 35.5. The average Bonchev–Trinajstić information content (AvgIpc) is 3.16. The number of rotatable bonds is 5. The summed E-state index contributed by atoms with van der Waals surface area (Å²) in [5.74, 6) is -0.0166. The first-order valence-electron chi connectivity index (χ1n) is 7.11. The zero-order chi connectivity index (χ0) is 16.4. The molecule has 3 rings (SSSR count). The molecule has 0 N–H and O–H groups in total. The summed E-state index contributed by atoms with van der Waals surface area (Å²) in [5, 5.41) is 3.21. The Balaban J connectivity index is 0.00000208. The van der Waals surface area contributed by atoms with Crippen LogP contribution in [0.1, 0.15) is 9.67 Å². The zero-order valence-corrected chi connectivity index (χ0v) is 16.4. The van der Waals surface area contributed by atoms with Crippen LogP contribution in [0, 0.1) is 0 Å². The molecule has 128 valence electrons. The molecule has 4 nitrogen and oxygen atoms in total. The molecule has 0 saturated carbocycles. The smallest absolute Gasteiger partial charge is 0.270 e. The number of likely N-dealkylation sites (N-methyl/N-ethyl adjacent to an activating group) is 1. The van der Waals surface area contributed by atoms with Crippen LogP contribution in [0.5, 0.6) is 0 Å². The molecule has 0 fully saturated rings. The van der Waals surface area contributed by atoms with E-state index in [1.807, 2.05) is 49.8 Å². The van der Waals surface area contributed by atoms with Crippen molar-refractivity contribution < 1.29 is 4.79 Å². The summed E-state index contributed by atoms with van der Waals surface area (Å²) in [7, 11) is 3.98. The van der Waals surface area contributed by atoms with Gasteiger partial charge in [-0.15, -0.1) is 23.7 Å². The average molecular weight is 402 g/mol. The molecule has 0 unspecified atom stereocenters. The molecular weight excluding hydrogens is 385 g/mol. The van der Waals surface area contributed by atoms with Crippen molar-refractivity contribution in [3.8, 4) is 0 Å². The second-order valence-electron chi connectivity index (χ2n) is 5.32. The number of thiophene rings is 1. The molecule has 0 atom stereocenters. The van der Waals surface area contributed by atoms with E-state index in [0.717, 1.165) is 16.8 Å². The minimum absolute atomic E-state index is 0. The molecule has 0 spiro atoms. The molecule has 0 saturated heterocycles. The zero-order valence-electron chi connectivity index (χ0n) is 13.2. The third-order valence-electron chi connectivity index (χ3n) is 3.34. The first kappa shape index (κ1) is 19.1. The highest BCUT2D eigenvalue weighted by Crippen LogP contribution is 2.33. The number of amides is 1. The maximum absolute atomic E-state index is 12.8. The minimum Gasteiger partial charge on any atom is -0.308 e. The maximum Gasteiger partial charge on any atom is 0.270 e. The maximum atomic E-state index is 12.8. The molecule has 0 aliphatic rings. The molecule has 0 radical (unpaired) electrons. The quantitative estimate of drug-likeness (QED) is 0.624. The van der Waals surface area contributed by atoms with Gasteiger partial charge in [0, 0.05) is 13.1 Å². The highest BCUT2D eigenvalue weighted by molar-refractivity contribution is 7.22. The fraction of sp³-hybridized carbons (Fsp3) is 0.250. The number of carbonyl (C=O) groups excluding carboxylic acids is 1. The number of anilines is 1.